The molecule has 6 heteroatoms. The molecule has 4 aromatic rings. The maximum Gasteiger partial charge on any atom is 0.267 e. The van der Waals surface area contributed by atoms with Crippen molar-refractivity contribution in [2.75, 3.05) is 5.32 Å². The molecule has 0 unspecified atom stereocenters. The van der Waals surface area contributed by atoms with Crippen molar-refractivity contribution in [2.45, 2.75) is 26.4 Å². The lowest BCUT2D eigenvalue weighted by Gasteiger charge is -2.25. The molecule has 0 bridgehead atoms. The van der Waals surface area contributed by atoms with Gasteiger partial charge in [-0.15, -0.1) is 11.3 Å². The van der Waals surface area contributed by atoms with Crippen LogP contribution in [0.2, 0.25) is 0 Å². The molecule has 1 N–H and O–H groups in total. The van der Waals surface area contributed by atoms with E-state index < -0.39 is 5.60 Å². The van der Waals surface area contributed by atoms with Crippen LogP contribution in [0.15, 0.2) is 71.2 Å². The number of anilines is 1. The summed E-state index contributed by atoms with van der Waals surface area (Å²) < 4.78 is 8.02. The molecule has 0 radical (unpaired) electrons. The van der Waals surface area contributed by atoms with E-state index in [9.17, 15) is 4.79 Å². The highest BCUT2D eigenvalue weighted by molar-refractivity contribution is 9.10. The van der Waals surface area contributed by atoms with Crippen LogP contribution in [0.3, 0.4) is 0 Å². The van der Waals surface area contributed by atoms with Crippen LogP contribution in [0.25, 0.3) is 20.8 Å². The molecule has 0 saturated carbocycles. The number of halogens is 1. The Bertz CT molecular complexity index is 1200. The molecule has 1 heterocycles. The minimum Gasteiger partial charge on any atom is -0.478 e. The second kappa shape index (κ2) is 8.20. The number of rotatable bonds is 5. The van der Waals surface area contributed by atoms with Gasteiger partial charge in [-0.1, -0.05) is 22.0 Å². The molecular weight excluding hydrogens is 460 g/mol. The maximum absolute atomic E-state index is 12.8. The predicted octanol–water partition coefficient (Wildman–Crippen LogP) is 6.83. The van der Waals surface area contributed by atoms with Crippen LogP contribution in [-0.2, 0) is 4.79 Å². The van der Waals surface area contributed by atoms with Crippen molar-refractivity contribution in [3.05, 3.63) is 76.8 Å². The molecular formula is C24H21BrN2O2S. The molecule has 30 heavy (non-hydrogen) atoms. The fraction of sp³-hybridized carbons (Fsp3) is 0.167. The van der Waals surface area contributed by atoms with Gasteiger partial charge in [-0.3, -0.25) is 4.79 Å². The molecule has 4 nitrogen and oxygen atoms in total. The quantitative estimate of drug-likeness (QED) is 0.340. The van der Waals surface area contributed by atoms with Crippen molar-refractivity contribution < 1.29 is 9.53 Å². The normalized spacial score (nSPS) is 11.5. The lowest BCUT2D eigenvalue weighted by Crippen LogP contribution is -2.42. The van der Waals surface area contributed by atoms with Crippen molar-refractivity contribution >= 4 is 49.1 Å². The summed E-state index contributed by atoms with van der Waals surface area (Å²) in [7, 11) is 0. The first-order valence-corrected chi connectivity index (χ1v) is 11.1. The third kappa shape index (κ3) is 4.55. The van der Waals surface area contributed by atoms with Crippen molar-refractivity contribution in [3.8, 4) is 16.3 Å². The molecule has 1 amide bonds. The van der Waals surface area contributed by atoms with E-state index >= 15 is 0 Å². The maximum atomic E-state index is 12.8. The van der Waals surface area contributed by atoms with Crippen LogP contribution in [0.5, 0.6) is 5.75 Å². The van der Waals surface area contributed by atoms with Gasteiger partial charge >= 0.3 is 0 Å². The van der Waals surface area contributed by atoms with Gasteiger partial charge in [0.2, 0.25) is 0 Å². The van der Waals surface area contributed by atoms with E-state index in [1.165, 1.54) is 10.3 Å². The highest BCUT2D eigenvalue weighted by Gasteiger charge is 2.30. The number of carbonyl (C=O) groups is 1. The number of nitrogens with zero attached hydrogens (tertiary/aromatic N) is 1. The molecule has 0 fully saturated rings. The van der Waals surface area contributed by atoms with E-state index in [1.54, 1.807) is 25.2 Å². The highest BCUT2D eigenvalue weighted by Crippen LogP contribution is 2.31. The van der Waals surface area contributed by atoms with Gasteiger partial charge < -0.3 is 10.1 Å². The molecule has 3 aromatic carbocycles. The van der Waals surface area contributed by atoms with E-state index in [2.05, 4.69) is 40.3 Å². The number of thiazole rings is 1. The Kier molecular flexibility index (Phi) is 5.62. The Morgan fingerprint density at radius 3 is 2.43 bits per heavy atom. The Hall–Kier alpha value is -2.70. The van der Waals surface area contributed by atoms with E-state index in [0.29, 0.717) is 11.4 Å². The Morgan fingerprint density at radius 1 is 1.03 bits per heavy atom. The SMILES string of the molecule is Cc1ccc2nc(-c3ccc(NC(=O)C(C)(C)Oc4ccc(Br)cc4)cc3)sc2c1. The topological polar surface area (TPSA) is 51.2 Å². The van der Waals surface area contributed by atoms with Crippen molar-refractivity contribution in [1.82, 2.24) is 4.98 Å². The van der Waals surface area contributed by atoms with Gasteiger partial charge in [-0.05, 0) is 87.0 Å². The summed E-state index contributed by atoms with van der Waals surface area (Å²) in [6.45, 7) is 5.59. The fourth-order valence-electron chi connectivity index (χ4n) is 2.98. The van der Waals surface area contributed by atoms with E-state index in [4.69, 9.17) is 9.72 Å². The summed E-state index contributed by atoms with van der Waals surface area (Å²) in [5, 5.41) is 3.90. The summed E-state index contributed by atoms with van der Waals surface area (Å²) in [6.07, 6.45) is 0. The third-order valence-corrected chi connectivity index (χ3v) is 6.26. The van der Waals surface area contributed by atoms with Gasteiger partial charge in [-0.2, -0.15) is 0 Å². The fourth-order valence-corrected chi connectivity index (χ4v) is 4.31. The first-order valence-electron chi connectivity index (χ1n) is 9.54. The van der Waals surface area contributed by atoms with Crippen LogP contribution in [0.1, 0.15) is 19.4 Å². The molecule has 0 aliphatic heterocycles. The number of hydrogen-bond acceptors (Lipinski definition) is 4. The number of nitrogens with one attached hydrogen (secondary N) is 1. The molecule has 0 spiro atoms. The minimum absolute atomic E-state index is 0.214. The van der Waals surface area contributed by atoms with Gasteiger partial charge in [0.25, 0.3) is 5.91 Å². The number of benzene rings is 3. The second-order valence-electron chi connectivity index (χ2n) is 7.59. The lowest BCUT2D eigenvalue weighted by molar-refractivity contribution is -0.128. The molecule has 0 atom stereocenters. The highest BCUT2D eigenvalue weighted by atomic mass is 79.9. The van der Waals surface area contributed by atoms with Crippen LogP contribution in [0, 0.1) is 6.92 Å². The lowest BCUT2D eigenvalue weighted by atomic mass is 10.1. The summed E-state index contributed by atoms with van der Waals surface area (Å²) >= 11 is 5.06. The summed E-state index contributed by atoms with van der Waals surface area (Å²) in [5.41, 5.74) is 2.95. The van der Waals surface area contributed by atoms with Gasteiger partial charge in [0.1, 0.15) is 10.8 Å². The van der Waals surface area contributed by atoms with Gasteiger partial charge in [0, 0.05) is 15.7 Å². The van der Waals surface area contributed by atoms with Crippen LogP contribution < -0.4 is 10.1 Å². The zero-order valence-electron chi connectivity index (χ0n) is 16.9. The number of hydrogen-bond donors (Lipinski definition) is 1. The Morgan fingerprint density at radius 2 is 1.73 bits per heavy atom. The predicted molar refractivity (Wildman–Crippen MR) is 127 cm³/mol. The van der Waals surface area contributed by atoms with Gasteiger partial charge in [-0.25, -0.2) is 4.98 Å². The number of aryl methyl sites for hydroxylation is 1. The monoisotopic (exact) mass is 480 g/mol. The minimum atomic E-state index is -1.02. The summed E-state index contributed by atoms with van der Waals surface area (Å²) in [6, 6.07) is 21.4. The zero-order valence-corrected chi connectivity index (χ0v) is 19.3. The molecule has 0 saturated heterocycles. The van der Waals surface area contributed by atoms with E-state index in [-0.39, 0.29) is 5.91 Å². The second-order valence-corrected chi connectivity index (χ2v) is 9.53. The number of fused-ring (bicyclic) bond motifs is 1. The number of aromatic nitrogens is 1. The molecule has 152 valence electrons. The smallest absolute Gasteiger partial charge is 0.267 e. The molecule has 4 rings (SSSR count). The van der Waals surface area contributed by atoms with Gasteiger partial charge in [0.15, 0.2) is 5.60 Å². The van der Waals surface area contributed by atoms with E-state index in [0.717, 1.165) is 20.6 Å². The Balaban J connectivity index is 1.46. The van der Waals surface area contributed by atoms with Crippen LogP contribution in [-0.4, -0.2) is 16.5 Å². The third-order valence-electron chi connectivity index (χ3n) is 4.67. The number of carbonyl (C=O) groups excluding carboxylic acids is 1. The zero-order chi connectivity index (χ0) is 21.3. The Labute approximate surface area is 188 Å². The number of amides is 1. The average Bonchev–Trinajstić information content (AvgIpc) is 3.13. The molecule has 0 aliphatic carbocycles. The standard InChI is InChI=1S/C24H21BrN2O2S/c1-15-4-13-20-21(14-15)30-22(27-20)16-5-9-18(10-6-16)26-23(28)24(2,3)29-19-11-7-17(25)8-12-19/h4-14H,1-3H3,(H,26,28). The summed E-state index contributed by atoms with van der Waals surface area (Å²) in [5.74, 6) is 0.424. The number of ether oxygens (including phenoxy) is 1. The van der Waals surface area contributed by atoms with E-state index in [1.807, 2.05) is 54.6 Å². The summed E-state index contributed by atoms with van der Waals surface area (Å²) in [4.78, 5) is 17.5. The van der Waals surface area contributed by atoms with Crippen LogP contribution >= 0.6 is 27.3 Å². The van der Waals surface area contributed by atoms with Gasteiger partial charge in [0.05, 0.1) is 10.2 Å². The van der Waals surface area contributed by atoms with Crippen molar-refractivity contribution in [1.29, 1.82) is 0 Å². The molecule has 0 aliphatic rings. The van der Waals surface area contributed by atoms with Crippen molar-refractivity contribution in [3.63, 3.8) is 0 Å². The molecule has 1 aromatic heterocycles. The van der Waals surface area contributed by atoms with Crippen molar-refractivity contribution in [2.24, 2.45) is 0 Å². The largest absolute Gasteiger partial charge is 0.478 e. The first-order chi connectivity index (χ1) is 14.3. The first kappa shape index (κ1) is 20.6. The van der Waals surface area contributed by atoms with Crippen LogP contribution in [0.4, 0.5) is 5.69 Å². The average molecular weight is 481 g/mol.